The van der Waals surface area contributed by atoms with Crippen molar-refractivity contribution in [3.05, 3.63) is 47.7 Å². The molecule has 1 aromatic heterocycles. The van der Waals surface area contributed by atoms with Crippen LogP contribution in [0.3, 0.4) is 0 Å². The van der Waals surface area contributed by atoms with Crippen LogP contribution in [-0.2, 0) is 21.7 Å². The summed E-state index contributed by atoms with van der Waals surface area (Å²) in [6.45, 7) is 4.25. The number of H-pyrrole nitrogens is 1. The van der Waals surface area contributed by atoms with E-state index in [1.165, 1.54) is 32.9 Å². The van der Waals surface area contributed by atoms with Crippen molar-refractivity contribution >= 4 is 21.7 Å². The van der Waals surface area contributed by atoms with Crippen molar-refractivity contribution in [2.24, 2.45) is 0 Å². The van der Waals surface area contributed by atoms with E-state index in [-0.39, 0.29) is 58.9 Å². The number of hydrogen-bond acceptors (Lipinski definition) is 0. The molecule has 98 valence electrons. The fourth-order valence-corrected chi connectivity index (χ4v) is 2.10. The maximum absolute atomic E-state index is 3.44. The zero-order chi connectivity index (χ0) is 10.4. The Kier molecular flexibility index (Phi) is 9.10. The second-order valence-corrected chi connectivity index (χ2v) is 4.00. The first-order chi connectivity index (χ1) is 7.27. The molecule has 5 heteroatoms. The first-order valence-electron chi connectivity index (χ1n) is 5.15. The molecule has 3 rings (SSSR count). The molecule has 1 nitrogen and oxygen atoms in total. The van der Waals surface area contributed by atoms with Crippen LogP contribution in [0.2, 0.25) is 0 Å². The predicted octanol–water partition coefficient (Wildman–Crippen LogP) is -5.25. The van der Waals surface area contributed by atoms with Crippen molar-refractivity contribution in [3.63, 3.8) is 0 Å². The Bertz CT molecular complexity index is 664. The van der Waals surface area contributed by atoms with Crippen LogP contribution in [0.5, 0.6) is 0 Å². The first-order valence-corrected chi connectivity index (χ1v) is 5.15. The van der Waals surface area contributed by atoms with Gasteiger partial charge >= 0.3 is 21.7 Å². The molecule has 0 bridgehead atoms. The molecule has 0 radical (unpaired) electrons. The summed E-state index contributed by atoms with van der Waals surface area (Å²) in [6, 6.07) is 13.8. The van der Waals surface area contributed by atoms with Crippen molar-refractivity contribution in [3.8, 4) is 0 Å². The van der Waals surface area contributed by atoms with Crippen LogP contribution in [0.4, 0.5) is 0 Å². The van der Waals surface area contributed by atoms with Gasteiger partial charge in [-0.25, -0.2) is 0 Å². The van der Waals surface area contributed by atoms with Gasteiger partial charge in [-0.3, -0.25) is 0 Å². The number of nitrogens with one attached hydrogen (secondary N) is 1. The second-order valence-electron chi connectivity index (χ2n) is 4.00. The van der Waals surface area contributed by atoms with Gasteiger partial charge < -0.3 is 42.2 Å². The van der Waals surface area contributed by atoms with Gasteiger partial charge in [0.1, 0.15) is 0 Å². The van der Waals surface area contributed by atoms with Crippen LogP contribution in [-0.4, -0.2) is 4.98 Å². The van der Waals surface area contributed by atoms with E-state index in [1.54, 1.807) is 0 Å². The number of halogens is 3. The van der Waals surface area contributed by atoms with E-state index in [4.69, 9.17) is 0 Å². The molecule has 0 aliphatic rings. The van der Waals surface area contributed by atoms with E-state index in [0.717, 1.165) is 0 Å². The van der Waals surface area contributed by atoms with E-state index in [9.17, 15) is 0 Å². The minimum Gasteiger partial charge on any atom is -1.00 e. The Hall–Kier alpha value is -0.176. The third-order valence-corrected chi connectivity index (χ3v) is 3.10. The zero-order valence-corrected chi connectivity index (χ0v) is 14.3. The third-order valence-electron chi connectivity index (χ3n) is 3.10. The van der Waals surface area contributed by atoms with Crippen LogP contribution < -0.4 is 37.2 Å². The van der Waals surface area contributed by atoms with Crippen molar-refractivity contribution in [1.29, 1.82) is 0 Å². The number of aromatic nitrogens is 1. The summed E-state index contributed by atoms with van der Waals surface area (Å²) in [7, 11) is 0. The smallest absolute Gasteiger partial charge is 1.00 e. The molecule has 0 amide bonds. The quantitative estimate of drug-likeness (QED) is 0.309. The molecule has 2 aromatic carbocycles. The molecular weight excluding hydrogens is 336 g/mol. The van der Waals surface area contributed by atoms with Crippen LogP contribution in [0.1, 0.15) is 11.3 Å². The minimum atomic E-state index is 0. The molecular formula is C14H12Cl3NTi. The summed E-state index contributed by atoms with van der Waals surface area (Å²) in [5, 5.41) is 3.74. The first kappa shape index (κ1) is 21.1. The average Bonchev–Trinajstić information content (AvgIpc) is 2.56. The van der Waals surface area contributed by atoms with E-state index in [0.29, 0.717) is 0 Å². The minimum absolute atomic E-state index is 0. The normalized spacial score (nSPS) is 8.95. The summed E-state index contributed by atoms with van der Waals surface area (Å²) < 4.78 is 0. The van der Waals surface area contributed by atoms with E-state index in [2.05, 4.69) is 55.2 Å². The fourth-order valence-electron chi connectivity index (χ4n) is 2.10. The Labute approximate surface area is 146 Å². The third kappa shape index (κ3) is 3.48. The van der Waals surface area contributed by atoms with Gasteiger partial charge in [0.15, 0.2) is 0 Å². The van der Waals surface area contributed by atoms with E-state index < -0.39 is 0 Å². The zero-order valence-electron chi connectivity index (χ0n) is 10.5. The van der Waals surface area contributed by atoms with Crippen molar-refractivity contribution in [2.75, 3.05) is 0 Å². The Morgan fingerprint density at radius 2 is 1.63 bits per heavy atom. The van der Waals surface area contributed by atoms with Gasteiger partial charge in [0, 0.05) is 0 Å². The molecule has 19 heavy (non-hydrogen) atoms. The number of aryl methyl sites for hydroxylation is 2. The molecule has 0 spiro atoms. The van der Waals surface area contributed by atoms with Crippen molar-refractivity contribution in [1.82, 2.24) is 4.98 Å². The molecule has 0 aliphatic carbocycles. The average molecular weight is 348 g/mol. The topological polar surface area (TPSA) is 15.8 Å². The molecule has 0 saturated heterocycles. The number of rotatable bonds is 0. The van der Waals surface area contributed by atoms with Gasteiger partial charge in [-0.05, 0) is 18.1 Å². The summed E-state index contributed by atoms with van der Waals surface area (Å²) in [4.78, 5) is 3.44. The molecule has 3 aromatic rings. The van der Waals surface area contributed by atoms with E-state index >= 15 is 0 Å². The van der Waals surface area contributed by atoms with Gasteiger partial charge in [0.2, 0.25) is 0 Å². The fraction of sp³-hybridized carbons (Fsp3) is 0.143. The maximum Gasteiger partial charge on any atom is 4.00 e. The Balaban J connectivity index is 0. The molecule has 0 atom stereocenters. The molecule has 0 unspecified atom stereocenters. The molecule has 1 N–H and O–H groups in total. The van der Waals surface area contributed by atoms with Crippen LogP contribution in [0.25, 0.3) is 21.7 Å². The largest absolute Gasteiger partial charge is 4.00 e. The molecule has 0 saturated carbocycles. The summed E-state index contributed by atoms with van der Waals surface area (Å²) in [6.07, 6.45) is 0. The second kappa shape index (κ2) is 8.19. The number of aromatic amines is 1. The van der Waals surface area contributed by atoms with Crippen LogP contribution >= 0.6 is 0 Å². The molecule has 0 aliphatic heterocycles. The van der Waals surface area contributed by atoms with Crippen molar-refractivity contribution in [2.45, 2.75) is 13.8 Å². The van der Waals surface area contributed by atoms with Gasteiger partial charge in [0.25, 0.3) is 0 Å². The van der Waals surface area contributed by atoms with Crippen molar-refractivity contribution < 1.29 is 58.9 Å². The van der Waals surface area contributed by atoms with E-state index in [1.807, 2.05) is 0 Å². The van der Waals surface area contributed by atoms with Gasteiger partial charge in [-0.2, -0.15) is 0 Å². The number of fused-ring (bicyclic) bond motifs is 3. The maximum atomic E-state index is 3.44. The SMILES string of the molecule is Cc1[nH]c2c([c-]cc3ccccc32)c1C.[Cl-].[Cl-].[Cl-].[Ti+4]. The molecule has 0 fully saturated rings. The number of benzene rings is 2. The summed E-state index contributed by atoms with van der Waals surface area (Å²) in [5.74, 6) is 0. The van der Waals surface area contributed by atoms with Gasteiger partial charge in [-0.15, -0.1) is 23.1 Å². The monoisotopic (exact) mass is 347 g/mol. The standard InChI is InChI=1S/C14H12N.3ClH.Ti/c1-9-10(2)15-14-12(9)8-7-11-5-3-4-6-13(11)14;;;;/h3-7,15H,1-2H3;3*1H;/q-1;;;;+4/p-3. The van der Waals surface area contributed by atoms with Crippen LogP contribution in [0, 0.1) is 19.9 Å². The van der Waals surface area contributed by atoms with Crippen LogP contribution in [0.15, 0.2) is 30.3 Å². The molecule has 1 heterocycles. The summed E-state index contributed by atoms with van der Waals surface area (Å²) >= 11 is 0. The Morgan fingerprint density at radius 1 is 1.00 bits per heavy atom. The summed E-state index contributed by atoms with van der Waals surface area (Å²) in [5.41, 5.74) is 3.75. The Morgan fingerprint density at radius 3 is 2.32 bits per heavy atom. The van der Waals surface area contributed by atoms with Gasteiger partial charge in [-0.1, -0.05) is 42.0 Å². The predicted molar refractivity (Wildman–Crippen MR) is 64.1 cm³/mol. The number of hydrogen-bond donors (Lipinski definition) is 1. The van der Waals surface area contributed by atoms with Gasteiger partial charge in [0.05, 0.1) is 0 Å².